The Kier molecular flexibility index (Phi) is 5.08. The maximum absolute atomic E-state index is 12.1. The van der Waals surface area contributed by atoms with Crippen LogP contribution in [0.15, 0.2) is 42.5 Å². The molecule has 1 amide bonds. The van der Waals surface area contributed by atoms with Crippen LogP contribution in [-0.4, -0.2) is 18.5 Å². The fourth-order valence-corrected chi connectivity index (χ4v) is 2.05. The standard InChI is InChI=1S/C16H14F3N3O2/c17-16(18,19)24-12-6-4-10(5-7-12)15(23)22-9-11-2-1-3-14(21)13(11)8-20/h1-8,20H,9,21H2,(H,22,23). The molecule has 126 valence electrons. The number of nitrogens with one attached hydrogen (secondary N) is 2. The van der Waals surface area contributed by atoms with Crippen LogP contribution in [0.25, 0.3) is 0 Å². The van der Waals surface area contributed by atoms with Crippen molar-refractivity contribution in [3.8, 4) is 5.75 Å². The first-order valence-corrected chi connectivity index (χ1v) is 6.82. The van der Waals surface area contributed by atoms with Crippen LogP contribution in [0.5, 0.6) is 5.75 Å². The normalized spacial score (nSPS) is 11.0. The Morgan fingerprint density at radius 3 is 2.46 bits per heavy atom. The van der Waals surface area contributed by atoms with Crippen LogP contribution < -0.4 is 15.8 Å². The summed E-state index contributed by atoms with van der Waals surface area (Å²) in [5.41, 5.74) is 7.52. The van der Waals surface area contributed by atoms with Gasteiger partial charge in [-0.05, 0) is 35.9 Å². The second-order valence-electron chi connectivity index (χ2n) is 4.82. The lowest BCUT2D eigenvalue weighted by Gasteiger charge is -2.11. The van der Waals surface area contributed by atoms with Crippen molar-refractivity contribution in [3.63, 3.8) is 0 Å². The van der Waals surface area contributed by atoms with Gasteiger partial charge in [-0.3, -0.25) is 4.79 Å². The predicted molar refractivity (Wildman–Crippen MR) is 83.0 cm³/mol. The highest BCUT2D eigenvalue weighted by Crippen LogP contribution is 2.22. The molecule has 5 nitrogen and oxygen atoms in total. The number of nitrogen functional groups attached to an aromatic ring is 1. The summed E-state index contributed by atoms with van der Waals surface area (Å²) in [6.07, 6.45) is -3.68. The first-order chi connectivity index (χ1) is 11.3. The maximum Gasteiger partial charge on any atom is 0.573 e. The summed E-state index contributed by atoms with van der Waals surface area (Å²) in [6, 6.07) is 9.65. The molecule has 0 radical (unpaired) electrons. The fourth-order valence-electron chi connectivity index (χ4n) is 2.05. The Bertz CT molecular complexity index is 743. The Hall–Kier alpha value is -3.03. The van der Waals surface area contributed by atoms with Gasteiger partial charge >= 0.3 is 6.36 Å². The van der Waals surface area contributed by atoms with Crippen LogP contribution in [0.1, 0.15) is 21.5 Å². The summed E-state index contributed by atoms with van der Waals surface area (Å²) in [5, 5.41) is 9.97. The molecule has 8 heteroatoms. The molecule has 0 fully saturated rings. The zero-order valence-electron chi connectivity index (χ0n) is 12.4. The number of benzene rings is 2. The Balaban J connectivity index is 2.03. The molecule has 0 atom stereocenters. The van der Waals surface area contributed by atoms with Gasteiger partial charge in [0.15, 0.2) is 0 Å². The molecule has 0 bridgehead atoms. The molecular formula is C16H14F3N3O2. The van der Waals surface area contributed by atoms with Crippen LogP contribution in [0.3, 0.4) is 0 Å². The third-order valence-corrected chi connectivity index (χ3v) is 3.16. The molecule has 24 heavy (non-hydrogen) atoms. The lowest BCUT2D eigenvalue weighted by molar-refractivity contribution is -0.274. The van der Waals surface area contributed by atoms with Crippen molar-refractivity contribution in [3.05, 3.63) is 59.2 Å². The van der Waals surface area contributed by atoms with E-state index in [-0.39, 0.29) is 12.1 Å². The van der Waals surface area contributed by atoms with Crippen molar-refractivity contribution in [2.45, 2.75) is 12.9 Å². The van der Waals surface area contributed by atoms with E-state index in [1.807, 2.05) is 0 Å². The number of alkyl halides is 3. The maximum atomic E-state index is 12.1. The van der Waals surface area contributed by atoms with Gasteiger partial charge in [0.05, 0.1) is 0 Å². The van der Waals surface area contributed by atoms with Crippen molar-refractivity contribution < 1.29 is 22.7 Å². The third kappa shape index (κ3) is 4.48. The Morgan fingerprint density at radius 2 is 1.88 bits per heavy atom. The van der Waals surface area contributed by atoms with Crippen molar-refractivity contribution in [1.29, 1.82) is 5.41 Å². The number of anilines is 1. The SMILES string of the molecule is N=Cc1c(N)cccc1CNC(=O)c1ccc(OC(F)(F)F)cc1. The zero-order chi connectivity index (χ0) is 17.7. The molecule has 0 saturated carbocycles. The summed E-state index contributed by atoms with van der Waals surface area (Å²) in [4.78, 5) is 12.0. The van der Waals surface area contributed by atoms with E-state index in [9.17, 15) is 18.0 Å². The van der Waals surface area contributed by atoms with Crippen LogP contribution in [0.4, 0.5) is 18.9 Å². The summed E-state index contributed by atoms with van der Waals surface area (Å²) in [7, 11) is 0. The van der Waals surface area contributed by atoms with E-state index in [1.54, 1.807) is 18.2 Å². The highest BCUT2D eigenvalue weighted by molar-refractivity contribution is 5.94. The minimum atomic E-state index is -4.78. The molecular weight excluding hydrogens is 323 g/mol. The van der Waals surface area contributed by atoms with Gasteiger partial charge in [0.25, 0.3) is 5.91 Å². The first kappa shape index (κ1) is 17.3. The van der Waals surface area contributed by atoms with Crippen LogP contribution in [0.2, 0.25) is 0 Å². The number of hydrogen-bond acceptors (Lipinski definition) is 4. The summed E-state index contributed by atoms with van der Waals surface area (Å²) in [6.45, 7) is 0.134. The largest absolute Gasteiger partial charge is 0.573 e. The molecule has 2 rings (SSSR count). The topological polar surface area (TPSA) is 88.2 Å². The van der Waals surface area contributed by atoms with Crippen LogP contribution >= 0.6 is 0 Å². The van der Waals surface area contributed by atoms with E-state index in [2.05, 4.69) is 10.1 Å². The van der Waals surface area contributed by atoms with E-state index in [0.29, 0.717) is 16.8 Å². The Morgan fingerprint density at radius 1 is 1.21 bits per heavy atom. The molecule has 0 aliphatic carbocycles. The van der Waals surface area contributed by atoms with Crippen molar-refractivity contribution in [2.75, 3.05) is 5.73 Å². The number of nitrogens with two attached hydrogens (primary N) is 1. The molecule has 4 N–H and O–H groups in total. The second kappa shape index (κ2) is 7.03. The van der Waals surface area contributed by atoms with Gasteiger partial charge in [-0.25, -0.2) is 0 Å². The van der Waals surface area contributed by atoms with E-state index in [0.717, 1.165) is 18.3 Å². The van der Waals surface area contributed by atoms with Crippen LogP contribution in [-0.2, 0) is 6.54 Å². The van der Waals surface area contributed by atoms with E-state index < -0.39 is 18.0 Å². The van der Waals surface area contributed by atoms with Gasteiger partial charge < -0.3 is 21.2 Å². The first-order valence-electron chi connectivity index (χ1n) is 6.82. The molecule has 0 heterocycles. The Labute approximate surface area is 135 Å². The van der Waals surface area contributed by atoms with Gasteiger partial charge in [0.2, 0.25) is 0 Å². The number of carbonyl (C=O) groups excluding carboxylic acids is 1. The fraction of sp³-hybridized carbons (Fsp3) is 0.125. The average molecular weight is 337 g/mol. The monoisotopic (exact) mass is 337 g/mol. The smallest absolute Gasteiger partial charge is 0.406 e. The van der Waals surface area contributed by atoms with Crippen molar-refractivity contribution >= 4 is 17.8 Å². The number of ether oxygens (including phenoxy) is 1. The highest BCUT2D eigenvalue weighted by Gasteiger charge is 2.31. The van der Waals surface area contributed by atoms with E-state index in [1.165, 1.54) is 12.1 Å². The van der Waals surface area contributed by atoms with Gasteiger partial charge in [0.1, 0.15) is 5.75 Å². The molecule has 0 saturated heterocycles. The molecule has 0 aromatic heterocycles. The number of amides is 1. The van der Waals surface area contributed by atoms with Gasteiger partial charge in [-0.2, -0.15) is 0 Å². The average Bonchev–Trinajstić information content (AvgIpc) is 2.52. The van der Waals surface area contributed by atoms with Gasteiger partial charge in [-0.15, -0.1) is 13.2 Å². The highest BCUT2D eigenvalue weighted by atomic mass is 19.4. The quantitative estimate of drug-likeness (QED) is 0.579. The predicted octanol–water partition coefficient (Wildman–Crippen LogP) is 3.10. The molecule has 0 unspecified atom stereocenters. The number of carbonyl (C=O) groups is 1. The van der Waals surface area contributed by atoms with Gasteiger partial charge in [0, 0.05) is 29.6 Å². The third-order valence-electron chi connectivity index (χ3n) is 3.16. The minimum Gasteiger partial charge on any atom is -0.406 e. The number of hydrogen-bond donors (Lipinski definition) is 3. The van der Waals surface area contributed by atoms with E-state index in [4.69, 9.17) is 11.1 Å². The van der Waals surface area contributed by atoms with Gasteiger partial charge in [-0.1, -0.05) is 12.1 Å². The molecule has 0 aliphatic heterocycles. The molecule has 2 aromatic carbocycles. The molecule has 0 aliphatic rings. The molecule has 2 aromatic rings. The van der Waals surface area contributed by atoms with Crippen molar-refractivity contribution in [1.82, 2.24) is 5.32 Å². The zero-order valence-corrected chi connectivity index (χ0v) is 12.4. The van der Waals surface area contributed by atoms with E-state index >= 15 is 0 Å². The summed E-state index contributed by atoms with van der Waals surface area (Å²) < 4.78 is 40.0. The summed E-state index contributed by atoms with van der Waals surface area (Å²) >= 11 is 0. The number of halogens is 3. The lowest BCUT2D eigenvalue weighted by Crippen LogP contribution is -2.23. The molecule has 0 spiro atoms. The minimum absolute atomic E-state index is 0.134. The lowest BCUT2D eigenvalue weighted by atomic mass is 10.1. The number of rotatable bonds is 5. The summed E-state index contributed by atoms with van der Waals surface area (Å²) in [5.74, 6) is -0.868. The van der Waals surface area contributed by atoms with Crippen molar-refractivity contribution in [2.24, 2.45) is 0 Å². The second-order valence-corrected chi connectivity index (χ2v) is 4.82. The van der Waals surface area contributed by atoms with Crippen LogP contribution in [0, 0.1) is 5.41 Å².